The minimum absolute atomic E-state index is 0.0852. The molecule has 2 aliphatic rings. The highest BCUT2D eigenvalue weighted by molar-refractivity contribution is 9.10. The average Bonchev–Trinajstić information content (AvgIpc) is 2.84. The van der Waals surface area contributed by atoms with E-state index in [-0.39, 0.29) is 25.2 Å². The van der Waals surface area contributed by atoms with Crippen LogP contribution in [0.4, 0.5) is 17.6 Å². The van der Waals surface area contributed by atoms with Gasteiger partial charge in [-0.1, -0.05) is 15.9 Å². The lowest BCUT2D eigenvalue weighted by Crippen LogP contribution is -2.54. The maximum Gasteiger partial charge on any atom is 0.414 e. The molecule has 0 spiro atoms. The third kappa shape index (κ3) is 2.58. The van der Waals surface area contributed by atoms with E-state index < -0.39 is 29.6 Å². The Morgan fingerprint density at radius 2 is 2.10 bits per heavy atom. The first kappa shape index (κ1) is 15.2. The molecule has 0 aliphatic carbocycles. The number of hydrogen-bond donors (Lipinski definition) is 1. The van der Waals surface area contributed by atoms with E-state index in [1.165, 1.54) is 12.1 Å². The number of hydrogen-bond acceptors (Lipinski definition) is 3. The molecule has 0 aromatic heterocycles. The third-order valence-electron chi connectivity index (χ3n) is 4.02. The van der Waals surface area contributed by atoms with Gasteiger partial charge in [0.25, 0.3) is 0 Å². The average molecular weight is 370 g/mol. The Hall–Kier alpha value is -0.700. The molecule has 2 aliphatic heterocycles. The van der Waals surface area contributed by atoms with Gasteiger partial charge in [-0.15, -0.1) is 0 Å². The number of rotatable bonds is 1. The largest absolute Gasteiger partial charge is 0.414 e. The van der Waals surface area contributed by atoms with E-state index in [1.54, 1.807) is 6.07 Å². The van der Waals surface area contributed by atoms with Crippen LogP contribution in [0.3, 0.4) is 0 Å². The van der Waals surface area contributed by atoms with Gasteiger partial charge in [0, 0.05) is 16.0 Å². The van der Waals surface area contributed by atoms with E-state index in [9.17, 15) is 17.6 Å². The molecule has 0 amide bonds. The summed E-state index contributed by atoms with van der Waals surface area (Å²) in [6.07, 6.45) is -6.53. The van der Waals surface area contributed by atoms with Crippen molar-refractivity contribution in [3.63, 3.8) is 0 Å². The fraction of sp³-hybridized carbons (Fsp3) is 0.538. The Kier molecular flexibility index (Phi) is 3.76. The number of ether oxygens (including phenoxy) is 1. The highest BCUT2D eigenvalue weighted by Crippen LogP contribution is 2.45. The summed E-state index contributed by atoms with van der Waals surface area (Å²) in [5.74, 6) is -1.02. The molecule has 2 heterocycles. The first-order valence-electron chi connectivity index (χ1n) is 6.36. The van der Waals surface area contributed by atoms with Crippen LogP contribution < -0.4 is 5.48 Å². The van der Waals surface area contributed by atoms with Gasteiger partial charge in [0.05, 0.1) is 18.8 Å². The molecule has 21 heavy (non-hydrogen) atoms. The van der Waals surface area contributed by atoms with Crippen molar-refractivity contribution in [3.05, 3.63) is 34.1 Å². The van der Waals surface area contributed by atoms with Crippen LogP contribution in [0.25, 0.3) is 0 Å². The SMILES string of the molecule is Fc1ccc(Br)cc1C12COC(C(F)(F)F)CC1CON2. The standard InChI is InChI=1S/C13H12BrF4NO2/c14-8-1-2-10(15)9(4-8)12-6-20-11(13(16,17)18)3-7(12)5-21-19-12/h1-2,4,7,11,19H,3,5-6H2. The van der Waals surface area contributed by atoms with Crippen LogP contribution in [-0.4, -0.2) is 25.5 Å². The van der Waals surface area contributed by atoms with Crippen LogP contribution in [-0.2, 0) is 15.1 Å². The van der Waals surface area contributed by atoms with Crippen molar-refractivity contribution >= 4 is 15.9 Å². The summed E-state index contributed by atoms with van der Waals surface area (Å²) in [6, 6.07) is 4.34. The predicted octanol–water partition coefficient (Wildman–Crippen LogP) is 3.29. The summed E-state index contributed by atoms with van der Waals surface area (Å²) in [4.78, 5) is 5.13. The zero-order chi connectivity index (χ0) is 15.3. The maximum atomic E-state index is 14.1. The topological polar surface area (TPSA) is 30.5 Å². The van der Waals surface area contributed by atoms with E-state index in [0.717, 1.165) is 0 Å². The van der Waals surface area contributed by atoms with E-state index in [2.05, 4.69) is 21.4 Å². The maximum absolute atomic E-state index is 14.1. The fourth-order valence-electron chi connectivity index (χ4n) is 2.89. The van der Waals surface area contributed by atoms with Crippen molar-refractivity contribution in [3.8, 4) is 0 Å². The smallest absolute Gasteiger partial charge is 0.366 e. The van der Waals surface area contributed by atoms with E-state index in [4.69, 9.17) is 9.57 Å². The summed E-state index contributed by atoms with van der Waals surface area (Å²) < 4.78 is 58.1. The zero-order valence-electron chi connectivity index (χ0n) is 10.7. The van der Waals surface area contributed by atoms with Crippen molar-refractivity contribution in [1.82, 2.24) is 5.48 Å². The number of hydroxylamine groups is 1. The van der Waals surface area contributed by atoms with Gasteiger partial charge in [-0.25, -0.2) is 4.39 Å². The monoisotopic (exact) mass is 369 g/mol. The number of benzene rings is 1. The molecular weight excluding hydrogens is 358 g/mol. The van der Waals surface area contributed by atoms with Gasteiger partial charge >= 0.3 is 6.18 Å². The van der Waals surface area contributed by atoms with E-state index in [1.807, 2.05) is 0 Å². The molecule has 3 nitrogen and oxygen atoms in total. The Labute approximate surface area is 126 Å². The summed E-state index contributed by atoms with van der Waals surface area (Å²) >= 11 is 3.24. The van der Waals surface area contributed by atoms with Crippen molar-refractivity contribution in [1.29, 1.82) is 0 Å². The number of nitrogens with one attached hydrogen (secondary N) is 1. The van der Waals surface area contributed by atoms with Crippen LogP contribution in [0.2, 0.25) is 0 Å². The van der Waals surface area contributed by atoms with Gasteiger partial charge in [-0.3, -0.25) is 0 Å². The fourth-order valence-corrected chi connectivity index (χ4v) is 3.25. The summed E-state index contributed by atoms with van der Waals surface area (Å²) in [7, 11) is 0. The van der Waals surface area contributed by atoms with Gasteiger partial charge in [-0.2, -0.15) is 18.7 Å². The molecule has 8 heteroatoms. The highest BCUT2D eigenvalue weighted by Gasteiger charge is 2.56. The molecule has 1 N–H and O–H groups in total. The van der Waals surface area contributed by atoms with Crippen LogP contribution in [0.15, 0.2) is 22.7 Å². The minimum atomic E-state index is -4.43. The molecule has 2 saturated heterocycles. The van der Waals surface area contributed by atoms with Gasteiger partial charge in [0.2, 0.25) is 0 Å². The second kappa shape index (κ2) is 5.19. The predicted molar refractivity (Wildman–Crippen MR) is 68.8 cm³/mol. The van der Waals surface area contributed by atoms with Gasteiger partial charge < -0.3 is 9.57 Å². The van der Waals surface area contributed by atoms with Crippen molar-refractivity contribution in [2.75, 3.05) is 13.2 Å². The summed E-state index contributed by atoms with van der Waals surface area (Å²) in [5.41, 5.74) is 1.84. The third-order valence-corrected chi connectivity index (χ3v) is 4.51. The second-order valence-electron chi connectivity index (χ2n) is 5.28. The lowest BCUT2D eigenvalue weighted by molar-refractivity contribution is -0.245. The molecule has 3 atom stereocenters. The molecule has 0 bridgehead atoms. The molecule has 1 aromatic rings. The minimum Gasteiger partial charge on any atom is -0.366 e. The van der Waals surface area contributed by atoms with E-state index in [0.29, 0.717) is 4.47 Å². The molecule has 3 rings (SSSR count). The van der Waals surface area contributed by atoms with Crippen molar-refractivity contribution in [2.45, 2.75) is 24.2 Å². The molecule has 0 radical (unpaired) electrons. The lowest BCUT2D eigenvalue weighted by atomic mass is 9.75. The zero-order valence-corrected chi connectivity index (χ0v) is 12.3. The number of fused-ring (bicyclic) bond motifs is 1. The van der Waals surface area contributed by atoms with Gasteiger partial charge in [0.15, 0.2) is 6.10 Å². The molecule has 3 unspecified atom stereocenters. The van der Waals surface area contributed by atoms with Crippen LogP contribution >= 0.6 is 15.9 Å². The van der Waals surface area contributed by atoms with Crippen LogP contribution in [0.5, 0.6) is 0 Å². The molecule has 116 valence electrons. The lowest BCUT2D eigenvalue weighted by Gasteiger charge is -2.41. The second-order valence-corrected chi connectivity index (χ2v) is 6.20. The number of halogens is 5. The van der Waals surface area contributed by atoms with E-state index >= 15 is 0 Å². The molecule has 0 saturated carbocycles. The normalized spacial score (nSPS) is 33.0. The quantitative estimate of drug-likeness (QED) is 0.770. The van der Waals surface area contributed by atoms with Gasteiger partial charge in [0.1, 0.15) is 5.82 Å². The molecular formula is C13H12BrF4NO2. The summed E-state index contributed by atoms with van der Waals surface area (Å²) in [6.45, 7) is -0.211. The summed E-state index contributed by atoms with van der Waals surface area (Å²) in [5, 5.41) is 0. The highest BCUT2D eigenvalue weighted by atomic mass is 79.9. The Morgan fingerprint density at radius 1 is 1.33 bits per heavy atom. The Balaban J connectivity index is 1.96. The molecule has 2 fully saturated rings. The number of alkyl halides is 3. The van der Waals surface area contributed by atoms with Gasteiger partial charge in [-0.05, 0) is 24.6 Å². The van der Waals surface area contributed by atoms with Crippen molar-refractivity contribution < 1.29 is 27.1 Å². The molecule has 1 aromatic carbocycles. The van der Waals surface area contributed by atoms with Crippen LogP contribution in [0.1, 0.15) is 12.0 Å². The Morgan fingerprint density at radius 3 is 2.81 bits per heavy atom. The first-order chi connectivity index (χ1) is 9.83. The Bertz CT molecular complexity index is 553. The van der Waals surface area contributed by atoms with Crippen molar-refractivity contribution in [2.24, 2.45) is 5.92 Å². The van der Waals surface area contributed by atoms with Crippen LogP contribution in [0, 0.1) is 11.7 Å². The first-order valence-corrected chi connectivity index (χ1v) is 7.15.